The molecule has 0 amide bonds. The fourth-order valence-electron chi connectivity index (χ4n) is 2.91. The summed E-state index contributed by atoms with van der Waals surface area (Å²) in [5.74, 6) is 0.280. The molecule has 3 heteroatoms. The zero-order chi connectivity index (χ0) is 15.0. The molecule has 2 aromatic rings. The van der Waals surface area contributed by atoms with Gasteiger partial charge in [0.05, 0.1) is 10.0 Å². The largest absolute Gasteiger partial charge is 0.324 e. The number of rotatable bonds is 2. The van der Waals surface area contributed by atoms with E-state index in [-0.39, 0.29) is 12.0 Å². The molecule has 0 aromatic heterocycles. The van der Waals surface area contributed by atoms with Crippen LogP contribution in [0.1, 0.15) is 36.0 Å². The molecule has 0 heterocycles. The van der Waals surface area contributed by atoms with Gasteiger partial charge in [0.1, 0.15) is 0 Å². The summed E-state index contributed by atoms with van der Waals surface area (Å²) >= 11 is 12.2. The van der Waals surface area contributed by atoms with Crippen molar-refractivity contribution >= 4 is 29.3 Å². The SMILES string of the molecule is C[C@H](N)C1=Cc2ccccc2C(c2ccc(Cl)c(Cl)c2)C1. The zero-order valence-electron chi connectivity index (χ0n) is 11.8. The molecule has 0 radical (unpaired) electrons. The molecule has 1 aliphatic rings. The minimum absolute atomic E-state index is 0.0589. The van der Waals surface area contributed by atoms with E-state index in [0.717, 1.165) is 6.42 Å². The normalized spacial score (nSPS) is 18.9. The average molecular weight is 318 g/mol. The highest BCUT2D eigenvalue weighted by atomic mass is 35.5. The van der Waals surface area contributed by atoms with E-state index in [9.17, 15) is 0 Å². The third kappa shape index (κ3) is 2.87. The molecule has 2 atom stereocenters. The van der Waals surface area contributed by atoms with Gasteiger partial charge < -0.3 is 5.73 Å². The summed E-state index contributed by atoms with van der Waals surface area (Å²) in [5.41, 5.74) is 11.1. The molecule has 2 aromatic carbocycles. The highest BCUT2D eigenvalue weighted by molar-refractivity contribution is 6.42. The number of halogens is 2. The van der Waals surface area contributed by atoms with Crippen LogP contribution in [0.3, 0.4) is 0 Å². The van der Waals surface area contributed by atoms with E-state index >= 15 is 0 Å². The van der Waals surface area contributed by atoms with Crippen molar-refractivity contribution in [1.29, 1.82) is 0 Å². The average Bonchev–Trinajstić information content (AvgIpc) is 2.49. The third-order valence-corrected chi connectivity index (χ3v) is 4.82. The number of fused-ring (bicyclic) bond motifs is 1. The highest BCUT2D eigenvalue weighted by Crippen LogP contribution is 2.40. The van der Waals surface area contributed by atoms with Crippen molar-refractivity contribution in [2.24, 2.45) is 5.73 Å². The number of nitrogens with two attached hydrogens (primary N) is 1. The Balaban J connectivity index is 2.10. The molecule has 0 saturated heterocycles. The molecule has 3 rings (SSSR count). The fourth-order valence-corrected chi connectivity index (χ4v) is 3.21. The Labute approximate surface area is 135 Å². The van der Waals surface area contributed by atoms with Crippen LogP contribution < -0.4 is 5.73 Å². The lowest BCUT2D eigenvalue weighted by molar-refractivity contribution is 0.714. The predicted molar refractivity (Wildman–Crippen MR) is 91.0 cm³/mol. The van der Waals surface area contributed by atoms with Gasteiger partial charge in [0.25, 0.3) is 0 Å². The topological polar surface area (TPSA) is 26.0 Å². The molecular weight excluding hydrogens is 301 g/mol. The van der Waals surface area contributed by atoms with Gasteiger partial charge in [0.15, 0.2) is 0 Å². The van der Waals surface area contributed by atoms with Gasteiger partial charge in [0.2, 0.25) is 0 Å². The molecule has 0 saturated carbocycles. The zero-order valence-corrected chi connectivity index (χ0v) is 13.3. The van der Waals surface area contributed by atoms with Crippen molar-refractivity contribution < 1.29 is 0 Å². The fraction of sp³-hybridized carbons (Fsp3) is 0.222. The summed E-state index contributed by atoms with van der Waals surface area (Å²) in [6.45, 7) is 2.03. The van der Waals surface area contributed by atoms with Crippen LogP contribution in [0.5, 0.6) is 0 Å². The Morgan fingerprint density at radius 2 is 1.86 bits per heavy atom. The summed E-state index contributed by atoms with van der Waals surface area (Å²) in [7, 11) is 0. The molecule has 2 N–H and O–H groups in total. The van der Waals surface area contributed by atoms with Gasteiger partial charge in [-0.15, -0.1) is 0 Å². The molecule has 21 heavy (non-hydrogen) atoms. The van der Waals surface area contributed by atoms with Crippen LogP contribution in [0.2, 0.25) is 10.0 Å². The van der Waals surface area contributed by atoms with Crippen LogP contribution in [0, 0.1) is 0 Å². The van der Waals surface area contributed by atoms with E-state index in [0.29, 0.717) is 10.0 Å². The first-order chi connectivity index (χ1) is 10.1. The van der Waals surface area contributed by atoms with E-state index < -0.39 is 0 Å². The highest BCUT2D eigenvalue weighted by Gasteiger charge is 2.24. The van der Waals surface area contributed by atoms with E-state index in [1.165, 1.54) is 22.3 Å². The van der Waals surface area contributed by atoms with Crippen LogP contribution in [0.25, 0.3) is 6.08 Å². The maximum Gasteiger partial charge on any atom is 0.0595 e. The van der Waals surface area contributed by atoms with Gasteiger partial charge in [0, 0.05) is 12.0 Å². The maximum atomic E-state index is 6.19. The Morgan fingerprint density at radius 1 is 1.10 bits per heavy atom. The van der Waals surface area contributed by atoms with E-state index in [1.807, 2.05) is 19.1 Å². The Morgan fingerprint density at radius 3 is 2.57 bits per heavy atom. The summed E-state index contributed by atoms with van der Waals surface area (Å²) < 4.78 is 0. The molecule has 1 nitrogen and oxygen atoms in total. The van der Waals surface area contributed by atoms with Crippen molar-refractivity contribution in [1.82, 2.24) is 0 Å². The lowest BCUT2D eigenvalue weighted by Crippen LogP contribution is -2.22. The van der Waals surface area contributed by atoms with Gasteiger partial charge in [-0.05, 0) is 42.2 Å². The van der Waals surface area contributed by atoms with Crippen molar-refractivity contribution in [3.8, 4) is 0 Å². The minimum Gasteiger partial charge on any atom is -0.324 e. The lowest BCUT2D eigenvalue weighted by atomic mass is 9.78. The van der Waals surface area contributed by atoms with Crippen molar-refractivity contribution in [3.05, 3.63) is 74.8 Å². The standard InChI is InChI=1S/C18H17Cl2N/c1-11(21)14-8-12-4-2-3-5-15(12)16(9-14)13-6-7-17(19)18(20)10-13/h2-8,10-11,16H,9,21H2,1H3/t11-,16?/m0/s1. The summed E-state index contributed by atoms with van der Waals surface area (Å²) in [6.07, 6.45) is 3.14. The van der Waals surface area contributed by atoms with Gasteiger partial charge >= 0.3 is 0 Å². The second-order valence-electron chi connectivity index (χ2n) is 5.57. The maximum absolute atomic E-state index is 6.19. The predicted octanol–water partition coefficient (Wildman–Crippen LogP) is 5.26. The van der Waals surface area contributed by atoms with Crippen molar-refractivity contribution in [2.75, 3.05) is 0 Å². The lowest BCUT2D eigenvalue weighted by Gasteiger charge is -2.28. The Kier molecular flexibility index (Phi) is 4.08. The van der Waals surface area contributed by atoms with Gasteiger partial charge in [-0.2, -0.15) is 0 Å². The van der Waals surface area contributed by atoms with Crippen LogP contribution in [-0.4, -0.2) is 6.04 Å². The van der Waals surface area contributed by atoms with Crippen LogP contribution in [-0.2, 0) is 0 Å². The van der Waals surface area contributed by atoms with Crippen LogP contribution >= 0.6 is 23.2 Å². The van der Waals surface area contributed by atoms with Crippen LogP contribution in [0.4, 0.5) is 0 Å². The Bertz CT molecular complexity index is 704. The quantitative estimate of drug-likeness (QED) is 0.803. The smallest absolute Gasteiger partial charge is 0.0595 e. The molecule has 108 valence electrons. The summed E-state index contributed by atoms with van der Waals surface area (Å²) in [5, 5.41) is 1.19. The molecule has 0 spiro atoms. The second-order valence-corrected chi connectivity index (χ2v) is 6.38. The number of hydrogen-bond donors (Lipinski definition) is 1. The van der Waals surface area contributed by atoms with Crippen molar-refractivity contribution in [2.45, 2.75) is 25.3 Å². The van der Waals surface area contributed by atoms with Gasteiger partial charge in [-0.25, -0.2) is 0 Å². The first-order valence-corrected chi connectivity index (χ1v) is 7.82. The molecule has 0 bridgehead atoms. The van der Waals surface area contributed by atoms with Crippen molar-refractivity contribution in [3.63, 3.8) is 0 Å². The van der Waals surface area contributed by atoms with E-state index in [2.05, 4.69) is 36.4 Å². The molecular formula is C18H17Cl2N. The van der Waals surface area contributed by atoms with Gasteiger partial charge in [-0.1, -0.05) is 65.2 Å². The number of hydrogen-bond acceptors (Lipinski definition) is 1. The van der Waals surface area contributed by atoms with E-state index in [1.54, 1.807) is 0 Å². The summed E-state index contributed by atoms with van der Waals surface area (Å²) in [4.78, 5) is 0. The third-order valence-electron chi connectivity index (χ3n) is 4.08. The Hall–Kier alpha value is -1.28. The first kappa shape index (κ1) is 14.6. The monoisotopic (exact) mass is 317 g/mol. The van der Waals surface area contributed by atoms with E-state index in [4.69, 9.17) is 28.9 Å². The van der Waals surface area contributed by atoms with Crippen LogP contribution in [0.15, 0.2) is 48.0 Å². The summed E-state index contributed by atoms with van der Waals surface area (Å²) in [6, 6.07) is 14.4. The number of benzene rings is 2. The molecule has 1 aliphatic carbocycles. The van der Waals surface area contributed by atoms with Gasteiger partial charge in [-0.3, -0.25) is 0 Å². The molecule has 1 unspecified atom stereocenters. The first-order valence-electron chi connectivity index (χ1n) is 7.06. The molecule has 0 aliphatic heterocycles. The second kappa shape index (κ2) is 5.84. The minimum atomic E-state index is 0.0589. The molecule has 0 fully saturated rings.